The van der Waals surface area contributed by atoms with Crippen LogP contribution in [0.1, 0.15) is 43.5 Å². The van der Waals surface area contributed by atoms with Gasteiger partial charge in [0.05, 0.1) is 6.10 Å². The second-order valence-corrected chi connectivity index (χ2v) is 6.86. The first-order valence-corrected chi connectivity index (χ1v) is 8.93. The van der Waals surface area contributed by atoms with E-state index in [1.54, 1.807) is 11.0 Å². The van der Waals surface area contributed by atoms with Crippen molar-refractivity contribution < 1.29 is 9.53 Å². The van der Waals surface area contributed by atoms with Crippen LogP contribution in [0.3, 0.4) is 0 Å². The zero-order valence-corrected chi connectivity index (χ0v) is 15.2. The van der Waals surface area contributed by atoms with Crippen LogP contribution in [0.2, 0.25) is 0 Å². The van der Waals surface area contributed by atoms with Crippen molar-refractivity contribution >= 4 is 5.91 Å². The van der Waals surface area contributed by atoms with Crippen LogP contribution >= 0.6 is 0 Å². The first kappa shape index (κ1) is 17.6. The lowest BCUT2D eigenvalue weighted by Gasteiger charge is -2.32. The predicted octanol–water partition coefficient (Wildman–Crippen LogP) is 2.90. The van der Waals surface area contributed by atoms with Crippen molar-refractivity contribution in [2.45, 2.75) is 45.3 Å². The summed E-state index contributed by atoms with van der Waals surface area (Å²) < 4.78 is 7.48. The van der Waals surface area contributed by atoms with Crippen molar-refractivity contribution in [2.75, 3.05) is 13.2 Å². The Morgan fingerprint density at radius 2 is 2.08 bits per heavy atom. The Labute approximate surface area is 148 Å². The van der Waals surface area contributed by atoms with Gasteiger partial charge in [0.25, 0.3) is 5.91 Å². The number of amides is 1. The first-order chi connectivity index (χ1) is 12.0. The van der Waals surface area contributed by atoms with Crippen LogP contribution in [-0.4, -0.2) is 50.9 Å². The molecule has 3 rings (SSSR count). The van der Waals surface area contributed by atoms with E-state index in [0.29, 0.717) is 17.9 Å². The molecule has 1 unspecified atom stereocenters. The standard InChI is InChI=1S/C19H26N4O2/c1-14(2)23(12-17-6-4-5-11-25-17)19(24)16-9-7-15(8-10-16)18-20-13-22(3)21-18/h7-10,13-14,17H,4-6,11-12H2,1-3H3. The summed E-state index contributed by atoms with van der Waals surface area (Å²) >= 11 is 0. The van der Waals surface area contributed by atoms with Gasteiger partial charge in [0.15, 0.2) is 5.82 Å². The Morgan fingerprint density at radius 3 is 2.64 bits per heavy atom. The highest BCUT2D eigenvalue weighted by Gasteiger charge is 2.24. The van der Waals surface area contributed by atoms with E-state index in [9.17, 15) is 4.79 Å². The van der Waals surface area contributed by atoms with Gasteiger partial charge in [-0.3, -0.25) is 9.48 Å². The molecule has 1 aromatic heterocycles. The molecule has 6 heteroatoms. The van der Waals surface area contributed by atoms with Gasteiger partial charge < -0.3 is 9.64 Å². The van der Waals surface area contributed by atoms with Crippen LogP contribution in [0.25, 0.3) is 11.4 Å². The first-order valence-electron chi connectivity index (χ1n) is 8.93. The van der Waals surface area contributed by atoms with Crippen molar-refractivity contribution in [3.05, 3.63) is 36.2 Å². The van der Waals surface area contributed by atoms with E-state index in [2.05, 4.69) is 10.1 Å². The molecule has 25 heavy (non-hydrogen) atoms. The predicted molar refractivity (Wildman–Crippen MR) is 96.2 cm³/mol. The van der Waals surface area contributed by atoms with E-state index in [1.807, 2.05) is 50.1 Å². The normalized spacial score (nSPS) is 17.7. The molecule has 0 N–H and O–H groups in total. The van der Waals surface area contributed by atoms with Crippen LogP contribution in [-0.2, 0) is 11.8 Å². The molecule has 1 saturated heterocycles. The Kier molecular flexibility index (Phi) is 5.48. The van der Waals surface area contributed by atoms with E-state index in [0.717, 1.165) is 25.0 Å². The number of aryl methyl sites for hydroxylation is 1. The van der Waals surface area contributed by atoms with Gasteiger partial charge in [-0.1, -0.05) is 12.1 Å². The van der Waals surface area contributed by atoms with E-state index in [4.69, 9.17) is 4.74 Å². The van der Waals surface area contributed by atoms with Gasteiger partial charge in [0.1, 0.15) is 6.33 Å². The maximum Gasteiger partial charge on any atom is 0.254 e. The fraction of sp³-hybridized carbons (Fsp3) is 0.526. The number of hydrogen-bond donors (Lipinski definition) is 0. The number of nitrogens with zero attached hydrogens (tertiary/aromatic N) is 4. The summed E-state index contributed by atoms with van der Waals surface area (Å²) in [4.78, 5) is 19.1. The molecule has 1 fully saturated rings. The molecule has 2 aromatic rings. The van der Waals surface area contributed by atoms with Gasteiger partial charge in [-0.05, 0) is 45.2 Å². The van der Waals surface area contributed by atoms with Crippen LogP contribution in [0.5, 0.6) is 0 Å². The average Bonchev–Trinajstić information content (AvgIpc) is 3.06. The number of hydrogen-bond acceptors (Lipinski definition) is 4. The minimum Gasteiger partial charge on any atom is -0.376 e. The molecule has 1 amide bonds. The van der Waals surface area contributed by atoms with Crippen LogP contribution in [0, 0.1) is 0 Å². The third-order valence-corrected chi connectivity index (χ3v) is 4.55. The van der Waals surface area contributed by atoms with Crippen LogP contribution in [0.15, 0.2) is 30.6 Å². The van der Waals surface area contributed by atoms with E-state index >= 15 is 0 Å². The van der Waals surface area contributed by atoms with Crippen molar-refractivity contribution in [1.29, 1.82) is 0 Å². The summed E-state index contributed by atoms with van der Waals surface area (Å²) in [6.45, 7) is 5.55. The minimum atomic E-state index is 0.0460. The number of carbonyl (C=O) groups is 1. The van der Waals surface area contributed by atoms with Crippen molar-refractivity contribution in [2.24, 2.45) is 7.05 Å². The molecule has 0 spiro atoms. The highest BCUT2D eigenvalue weighted by atomic mass is 16.5. The van der Waals surface area contributed by atoms with E-state index < -0.39 is 0 Å². The van der Waals surface area contributed by atoms with Gasteiger partial charge in [-0.2, -0.15) is 5.10 Å². The molecular formula is C19H26N4O2. The highest BCUT2D eigenvalue weighted by Crippen LogP contribution is 2.19. The van der Waals surface area contributed by atoms with Crippen molar-refractivity contribution in [3.63, 3.8) is 0 Å². The Morgan fingerprint density at radius 1 is 1.32 bits per heavy atom. The average molecular weight is 342 g/mol. The lowest BCUT2D eigenvalue weighted by molar-refractivity contribution is -0.00830. The number of rotatable bonds is 5. The largest absolute Gasteiger partial charge is 0.376 e. The van der Waals surface area contributed by atoms with Gasteiger partial charge in [0, 0.05) is 37.4 Å². The molecule has 0 aliphatic carbocycles. The molecule has 0 bridgehead atoms. The monoisotopic (exact) mass is 342 g/mol. The Balaban J connectivity index is 1.72. The molecule has 6 nitrogen and oxygen atoms in total. The lowest BCUT2D eigenvalue weighted by atomic mass is 10.1. The minimum absolute atomic E-state index is 0.0460. The molecule has 1 atom stereocenters. The SMILES string of the molecule is CC(C)N(CC1CCCCO1)C(=O)c1ccc(-c2ncn(C)n2)cc1. The van der Waals surface area contributed by atoms with Crippen molar-refractivity contribution in [1.82, 2.24) is 19.7 Å². The van der Waals surface area contributed by atoms with Gasteiger partial charge in [-0.25, -0.2) is 4.98 Å². The maximum absolute atomic E-state index is 12.9. The quantitative estimate of drug-likeness (QED) is 0.838. The Bertz CT molecular complexity index is 702. The second kappa shape index (κ2) is 7.78. The van der Waals surface area contributed by atoms with Gasteiger partial charge >= 0.3 is 0 Å². The maximum atomic E-state index is 12.9. The van der Waals surface area contributed by atoms with Crippen LogP contribution < -0.4 is 0 Å². The molecular weight excluding hydrogens is 316 g/mol. The fourth-order valence-corrected chi connectivity index (χ4v) is 3.10. The summed E-state index contributed by atoms with van der Waals surface area (Å²) in [6, 6.07) is 7.64. The van der Waals surface area contributed by atoms with Crippen molar-refractivity contribution in [3.8, 4) is 11.4 Å². The van der Waals surface area contributed by atoms with Gasteiger partial charge in [0.2, 0.25) is 0 Å². The molecule has 0 radical (unpaired) electrons. The topological polar surface area (TPSA) is 60.2 Å². The summed E-state index contributed by atoms with van der Waals surface area (Å²) in [5.74, 6) is 0.711. The molecule has 0 saturated carbocycles. The molecule has 1 aliphatic rings. The fourth-order valence-electron chi connectivity index (χ4n) is 3.10. The zero-order valence-electron chi connectivity index (χ0n) is 15.2. The number of carbonyl (C=O) groups excluding carboxylic acids is 1. The molecule has 2 heterocycles. The second-order valence-electron chi connectivity index (χ2n) is 6.86. The number of ether oxygens (including phenoxy) is 1. The Hall–Kier alpha value is -2.21. The summed E-state index contributed by atoms with van der Waals surface area (Å²) in [5, 5.41) is 4.29. The number of aromatic nitrogens is 3. The third-order valence-electron chi connectivity index (χ3n) is 4.55. The van der Waals surface area contributed by atoms with E-state index in [-0.39, 0.29) is 18.1 Å². The molecule has 1 aromatic carbocycles. The highest BCUT2D eigenvalue weighted by molar-refractivity contribution is 5.94. The smallest absolute Gasteiger partial charge is 0.254 e. The molecule has 134 valence electrons. The molecule has 1 aliphatic heterocycles. The third kappa shape index (κ3) is 4.25. The van der Waals surface area contributed by atoms with Crippen LogP contribution in [0.4, 0.5) is 0 Å². The van der Waals surface area contributed by atoms with E-state index in [1.165, 1.54) is 6.42 Å². The summed E-state index contributed by atoms with van der Waals surface area (Å²) in [6.07, 6.45) is 5.14. The van der Waals surface area contributed by atoms with Gasteiger partial charge in [-0.15, -0.1) is 0 Å². The summed E-state index contributed by atoms with van der Waals surface area (Å²) in [5.41, 5.74) is 1.59. The zero-order chi connectivity index (χ0) is 17.8. The lowest BCUT2D eigenvalue weighted by Crippen LogP contribution is -2.43. The number of benzene rings is 1. The summed E-state index contributed by atoms with van der Waals surface area (Å²) in [7, 11) is 1.84.